The molecule has 0 saturated heterocycles. The zero-order chi connectivity index (χ0) is 13.4. The zero-order valence-corrected chi connectivity index (χ0v) is 10.6. The summed E-state index contributed by atoms with van der Waals surface area (Å²) < 4.78 is 15.0. The molecule has 0 N–H and O–H groups in total. The molecule has 1 fully saturated rings. The Balaban J connectivity index is 2.02. The van der Waals surface area contributed by atoms with Crippen molar-refractivity contribution < 1.29 is 9.18 Å². The van der Waals surface area contributed by atoms with Gasteiger partial charge in [0, 0.05) is 18.0 Å². The molecule has 0 bridgehead atoms. The lowest BCUT2D eigenvalue weighted by Crippen LogP contribution is -2.07. The highest BCUT2D eigenvalue weighted by Gasteiger charge is 2.30. The lowest BCUT2D eigenvalue weighted by atomic mass is 10.1. The third-order valence-corrected chi connectivity index (χ3v) is 3.59. The topological polar surface area (TPSA) is 47.8 Å². The van der Waals surface area contributed by atoms with Gasteiger partial charge in [-0.25, -0.2) is 4.39 Å². The van der Waals surface area contributed by atoms with E-state index in [4.69, 9.17) is 0 Å². The predicted octanol–water partition coefficient (Wildman–Crippen LogP) is 2.87. The zero-order valence-electron chi connectivity index (χ0n) is 10.6. The Hall–Kier alpha value is -2.04. The van der Waals surface area contributed by atoms with Gasteiger partial charge in [-0.2, -0.15) is 5.10 Å². The first kappa shape index (κ1) is 12.0. The quantitative estimate of drug-likeness (QED) is 0.793. The second-order valence-electron chi connectivity index (χ2n) is 5.00. The first-order valence-electron chi connectivity index (χ1n) is 6.34. The van der Waals surface area contributed by atoms with Gasteiger partial charge in [0.05, 0.1) is 17.8 Å². The Morgan fingerprint density at radius 2 is 2.26 bits per heavy atom. The summed E-state index contributed by atoms with van der Waals surface area (Å²) in [6.07, 6.45) is 7.54. The van der Waals surface area contributed by atoms with E-state index in [1.807, 2.05) is 4.68 Å². The molecule has 5 heteroatoms. The van der Waals surface area contributed by atoms with Crippen LogP contribution in [0.15, 0.2) is 24.7 Å². The van der Waals surface area contributed by atoms with Gasteiger partial charge >= 0.3 is 0 Å². The van der Waals surface area contributed by atoms with E-state index in [1.165, 1.54) is 25.1 Å². The third kappa shape index (κ3) is 2.28. The summed E-state index contributed by atoms with van der Waals surface area (Å²) in [6.45, 7) is 2.09. The Kier molecular flexibility index (Phi) is 2.89. The molecule has 2 aromatic rings. The lowest BCUT2D eigenvalue weighted by molar-refractivity contribution is 0.112. The molecule has 1 atom stereocenters. The Morgan fingerprint density at radius 1 is 1.47 bits per heavy atom. The minimum Gasteiger partial charge on any atom is -0.298 e. The van der Waals surface area contributed by atoms with Crippen LogP contribution in [0.1, 0.15) is 36.2 Å². The van der Waals surface area contributed by atoms with Crippen LogP contribution in [-0.4, -0.2) is 21.1 Å². The van der Waals surface area contributed by atoms with Crippen LogP contribution in [0.5, 0.6) is 0 Å². The van der Waals surface area contributed by atoms with Crippen molar-refractivity contribution in [2.45, 2.75) is 25.8 Å². The van der Waals surface area contributed by atoms with Crippen LogP contribution in [0, 0.1) is 11.7 Å². The van der Waals surface area contributed by atoms with E-state index in [0.717, 1.165) is 12.5 Å². The van der Waals surface area contributed by atoms with Crippen molar-refractivity contribution in [3.05, 3.63) is 36.0 Å². The number of hydrogen-bond donors (Lipinski definition) is 0. The Morgan fingerprint density at radius 3 is 2.89 bits per heavy atom. The second kappa shape index (κ2) is 4.57. The van der Waals surface area contributed by atoms with Crippen molar-refractivity contribution in [3.63, 3.8) is 0 Å². The van der Waals surface area contributed by atoms with E-state index in [9.17, 15) is 9.18 Å². The van der Waals surface area contributed by atoms with E-state index in [2.05, 4.69) is 17.0 Å². The number of rotatable bonds is 4. The summed E-state index contributed by atoms with van der Waals surface area (Å²) in [7, 11) is 0. The first-order chi connectivity index (χ1) is 9.19. The highest BCUT2D eigenvalue weighted by atomic mass is 19.1. The normalized spacial score (nSPS) is 16.3. The maximum absolute atomic E-state index is 13.2. The van der Waals surface area contributed by atoms with E-state index in [0.29, 0.717) is 22.7 Å². The van der Waals surface area contributed by atoms with Crippen LogP contribution in [0.25, 0.3) is 11.3 Å². The van der Waals surface area contributed by atoms with Crippen molar-refractivity contribution in [3.8, 4) is 11.3 Å². The van der Waals surface area contributed by atoms with Crippen LogP contribution in [0.3, 0.4) is 0 Å². The summed E-state index contributed by atoms with van der Waals surface area (Å²) >= 11 is 0. The fourth-order valence-electron chi connectivity index (χ4n) is 2.26. The molecule has 0 spiro atoms. The molecule has 98 valence electrons. The largest absolute Gasteiger partial charge is 0.298 e. The summed E-state index contributed by atoms with van der Waals surface area (Å²) in [6, 6.07) is 1.61. The molecule has 1 aliphatic rings. The number of pyridine rings is 1. The monoisotopic (exact) mass is 259 g/mol. The minimum absolute atomic E-state index is 0.272. The number of aromatic nitrogens is 3. The summed E-state index contributed by atoms with van der Waals surface area (Å²) in [5.41, 5.74) is 1.50. The summed E-state index contributed by atoms with van der Waals surface area (Å²) in [5, 5.41) is 4.43. The number of halogens is 1. The fraction of sp³-hybridized carbons (Fsp3) is 0.357. The fourth-order valence-corrected chi connectivity index (χ4v) is 2.26. The Labute approximate surface area is 110 Å². The van der Waals surface area contributed by atoms with Crippen LogP contribution in [-0.2, 0) is 0 Å². The molecular weight excluding hydrogens is 245 g/mol. The summed E-state index contributed by atoms with van der Waals surface area (Å²) in [4.78, 5) is 14.9. The van der Waals surface area contributed by atoms with Gasteiger partial charge in [-0.05, 0) is 31.7 Å². The number of carbonyl (C=O) groups is 1. The van der Waals surface area contributed by atoms with E-state index in [1.54, 1.807) is 6.20 Å². The van der Waals surface area contributed by atoms with Gasteiger partial charge in [0.1, 0.15) is 11.5 Å². The number of hydrogen-bond acceptors (Lipinski definition) is 3. The van der Waals surface area contributed by atoms with Crippen molar-refractivity contribution in [1.82, 2.24) is 14.8 Å². The van der Waals surface area contributed by atoms with Gasteiger partial charge in [0.25, 0.3) is 0 Å². The van der Waals surface area contributed by atoms with Gasteiger partial charge in [-0.15, -0.1) is 0 Å². The van der Waals surface area contributed by atoms with Gasteiger partial charge in [-0.1, -0.05) is 0 Å². The van der Waals surface area contributed by atoms with Crippen LogP contribution < -0.4 is 0 Å². The SMILES string of the molecule is CC(C1CC1)n1cc(C=O)c(-c2cncc(F)c2)n1. The van der Waals surface area contributed by atoms with Crippen molar-refractivity contribution in [1.29, 1.82) is 0 Å². The van der Waals surface area contributed by atoms with E-state index >= 15 is 0 Å². The van der Waals surface area contributed by atoms with Crippen LogP contribution >= 0.6 is 0 Å². The molecule has 0 amide bonds. The molecule has 19 heavy (non-hydrogen) atoms. The molecule has 1 unspecified atom stereocenters. The van der Waals surface area contributed by atoms with Gasteiger partial charge in [0.2, 0.25) is 0 Å². The maximum atomic E-state index is 13.2. The molecule has 0 radical (unpaired) electrons. The van der Waals surface area contributed by atoms with Crippen LogP contribution in [0.4, 0.5) is 4.39 Å². The molecule has 2 heterocycles. The van der Waals surface area contributed by atoms with E-state index < -0.39 is 5.82 Å². The molecule has 3 rings (SSSR count). The summed E-state index contributed by atoms with van der Waals surface area (Å²) in [5.74, 6) is 0.206. The average molecular weight is 259 g/mol. The highest BCUT2D eigenvalue weighted by Crippen LogP contribution is 2.39. The smallest absolute Gasteiger partial charge is 0.153 e. The van der Waals surface area contributed by atoms with Gasteiger partial charge in [0.15, 0.2) is 6.29 Å². The van der Waals surface area contributed by atoms with Gasteiger partial charge < -0.3 is 0 Å². The maximum Gasteiger partial charge on any atom is 0.153 e. The molecular formula is C14H14FN3O. The highest BCUT2D eigenvalue weighted by molar-refractivity contribution is 5.85. The third-order valence-electron chi connectivity index (χ3n) is 3.59. The predicted molar refractivity (Wildman–Crippen MR) is 68.2 cm³/mol. The first-order valence-corrected chi connectivity index (χ1v) is 6.34. The second-order valence-corrected chi connectivity index (χ2v) is 5.00. The van der Waals surface area contributed by atoms with Crippen molar-refractivity contribution in [2.75, 3.05) is 0 Å². The number of nitrogens with zero attached hydrogens (tertiary/aromatic N) is 3. The molecule has 1 saturated carbocycles. The van der Waals surface area contributed by atoms with Gasteiger partial charge in [-0.3, -0.25) is 14.5 Å². The lowest BCUT2D eigenvalue weighted by Gasteiger charge is -2.09. The molecule has 1 aliphatic carbocycles. The standard InChI is InChI=1S/C14H14FN3O/c1-9(10-2-3-10)18-7-12(8-19)14(17-18)11-4-13(15)6-16-5-11/h4-10H,2-3H2,1H3. The average Bonchev–Trinajstić information content (AvgIpc) is 3.16. The van der Waals surface area contributed by atoms with E-state index in [-0.39, 0.29) is 6.04 Å². The number of carbonyl (C=O) groups excluding carboxylic acids is 1. The Bertz CT molecular complexity index is 619. The number of aldehydes is 1. The van der Waals surface area contributed by atoms with Crippen LogP contribution in [0.2, 0.25) is 0 Å². The molecule has 0 aromatic carbocycles. The van der Waals surface area contributed by atoms with Crippen molar-refractivity contribution in [2.24, 2.45) is 5.92 Å². The molecule has 4 nitrogen and oxygen atoms in total. The van der Waals surface area contributed by atoms with Crippen molar-refractivity contribution >= 4 is 6.29 Å². The minimum atomic E-state index is -0.431. The molecule has 2 aromatic heterocycles. The molecule has 0 aliphatic heterocycles.